The first kappa shape index (κ1) is 12.7. The molecule has 0 bridgehead atoms. The van der Waals surface area contributed by atoms with Crippen molar-refractivity contribution >= 4 is 0 Å². The molecule has 0 aliphatic carbocycles. The van der Waals surface area contributed by atoms with Crippen molar-refractivity contribution in [3.8, 4) is 0 Å². The Balaban J connectivity index is 4.01. The molecule has 14 heavy (non-hydrogen) atoms. The number of allylic oxidation sites excluding steroid dienone is 7. The smallest absolute Gasteiger partial charge is 0.00376 e. The van der Waals surface area contributed by atoms with Gasteiger partial charge in [-0.1, -0.05) is 67.7 Å². The van der Waals surface area contributed by atoms with Gasteiger partial charge < -0.3 is 0 Å². The van der Waals surface area contributed by atoms with Crippen LogP contribution in [0.4, 0.5) is 0 Å². The van der Waals surface area contributed by atoms with Gasteiger partial charge in [0, 0.05) is 0 Å². The van der Waals surface area contributed by atoms with Gasteiger partial charge in [-0.15, -0.1) is 0 Å². The Morgan fingerprint density at radius 1 is 1.00 bits per heavy atom. The van der Waals surface area contributed by atoms with Crippen molar-refractivity contribution in [1.29, 1.82) is 0 Å². The molecule has 0 amide bonds. The normalized spacial score (nSPS) is 11.0. The van der Waals surface area contributed by atoms with E-state index in [9.17, 15) is 0 Å². The first-order chi connectivity index (χ1) is 6.56. The zero-order chi connectivity index (χ0) is 11.0. The summed E-state index contributed by atoms with van der Waals surface area (Å²) in [6.45, 7) is 15.8. The van der Waals surface area contributed by atoms with E-state index in [0.717, 1.165) is 29.6 Å². The fraction of sp³-hybridized carbons (Fsp3) is 0.286. The van der Waals surface area contributed by atoms with E-state index in [1.54, 1.807) is 0 Å². The van der Waals surface area contributed by atoms with Crippen molar-refractivity contribution in [3.05, 3.63) is 60.8 Å². The van der Waals surface area contributed by atoms with E-state index in [2.05, 4.69) is 38.8 Å². The average Bonchev–Trinajstić information content (AvgIpc) is 2.11. The first-order valence-electron chi connectivity index (χ1n) is 4.92. The first-order valence-corrected chi connectivity index (χ1v) is 4.92. The van der Waals surface area contributed by atoms with Gasteiger partial charge in [-0.05, 0) is 19.8 Å². The minimum absolute atomic E-state index is 0.834. The van der Waals surface area contributed by atoms with Crippen molar-refractivity contribution < 1.29 is 0 Å². The third kappa shape index (κ3) is 7.35. The average molecular weight is 188 g/mol. The molecule has 0 N–H and O–H groups in total. The Morgan fingerprint density at radius 2 is 1.57 bits per heavy atom. The molecule has 0 aliphatic heterocycles. The summed E-state index contributed by atoms with van der Waals surface area (Å²) in [7, 11) is 0. The third-order valence-corrected chi connectivity index (χ3v) is 1.65. The summed E-state index contributed by atoms with van der Waals surface area (Å²) < 4.78 is 0. The van der Waals surface area contributed by atoms with Crippen molar-refractivity contribution in [2.24, 2.45) is 0 Å². The van der Waals surface area contributed by atoms with Crippen LogP contribution in [0.2, 0.25) is 0 Å². The maximum atomic E-state index is 3.96. The highest BCUT2D eigenvalue weighted by atomic mass is 14.0. The predicted molar refractivity (Wildman–Crippen MR) is 66.3 cm³/mol. The van der Waals surface area contributed by atoms with E-state index < -0.39 is 0 Å². The van der Waals surface area contributed by atoms with Crippen LogP contribution in [0.1, 0.15) is 26.7 Å². The SMILES string of the molecule is C=C(C)/C=C\C(=C)CC(=C)/C=C\CC. The number of hydrogen-bond acceptors (Lipinski definition) is 0. The van der Waals surface area contributed by atoms with Gasteiger partial charge in [0.05, 0.1) is 0 Å². The summed E-state index contributed by atoms with van der Waals surface area (Å²) in [5.74, 6) is 0. The molecule has 0 radical (unpaired) electrons. The zero-order valence-corrected chi connectivity index (χ0v) is 9.34. The molecule has 0 heteroatoms. The van der Waals surface area contributed by atoms with E-state index in [0.29, 0.717) is 0 Å². The zero-order valence-electron chi connectivity index (χ0n) is 9.34. The molecule has 76 valence electrons. The van der Waals surface area contributed by atoms with Crippen LogP contribution in [0.5, 0.6) is 0 Å². The van der Waals surface area contributed by atoms with Gasteiger partial charge in [-0.25, -0.2) is 0 Å². The molecule has 0 aromatic carbocycles. The van der Waals surface area contributed by atoms with Gasteiger partial charge >= 0.3 is 0 Å². The molecule has 0 unspecified atom stereocenters. The van der Waals surface area contributed by atoms with Gasteiger partial charge in [0.15, 0.2) is 0 Å². The van der Waals surface area contributed by atoms with Gasteiger partial charge in [0.25, 0.3) is 0 Å². The van der Waals surface area contributed by atoms with Crippen LogP contribution in [-0.2, 0) is 0 Å². The lowest BCUT2D eigenvalue weighted by molar-refractivity contribution is 1.18. The number of hydrogen-bond donors (Lipinski definition) is 0. The third-order valence-electron chi connectivity index (χ3n) is 1.65. The van der Waals surface area contributed by atoms with Gasteiger partial charge in [-0.2, -0.15) is 0 Å². The van der Waals surface area contributed by atoms with Crippen LogP contribution in [-0.4, -0.2) is 0 Å². The Morgan fingerprint density at radius 3 is 2.07 bits per heavy atom. The lowest BCUT2D eigenvalue weighted by atomic mass is 10.1. The second-order valence-corrected chi connectivity index (χ2v) is 3.48. The van der Waals surface area contributed by atoms with Crippen LogP contribution in [0.3, 0.4) is 0 Å². The van der Waals surface area contributed by atoms with Crippen molar-refractivity contribution in [2.45, 2.75) is 26.7 Å². The van der Waals surface area contributed by atoms with Gasteiger partial charge in [-0.3, -0.25) is 0 Å². The Kier molecular flexibility index (Phi) is 6.47. The van der Waals surface area contributed by atoms with Crippen LogP contribution >= 0.6 is 0 Å². The molecular formula is C14H20. The summed E-state index contributed by atoms with van der Waals surface area (Å²) in [6.07, 6.45) is 10.0. The predicted octanol–water partition coefficient (Wildman–Crippen LogP) is 4.59. The standard InChI is InChI=1S/C14H20/c1-6-7-8-13(4)11-14(5)10-9-12(2)3/h7-10H,2,4-6,11H2,1,3H3/b8-7-,10-9-. The monoisotopic (exact) mass is 188 g/mol. The summed E-state index contributed by atoms with van der Waals surface area (Å²) in [5.41, 5.74) is 3.21. The quantitative estimate of drug-likeness (QED) is 0.535. The highest BCUT2D eigenvalue weighted by molar-refractivity contribution is 5.29. The van der Waals surface area contributed by atoms with Gasteiger partial charge in [0.1, 0.15) is 0 Å². The molecule has 0 saturated carbocycles. The Labute approximate surface area is 88.0 Å². The topological polar surface area (TPSA) is 0 Å². The molecule has 0 atom stereocenters. The number of rotatable bonds is 6. The lowest BCUT2D eigenvalue weighted by Crippen LogP contribution is -1.79. The van der Waals surface area contributed by atoms with Crippen LogP contribution < -0.4 is 0 Å². The van der Waals surface area contributed by atoms with Crippen molar-refractivity contribution in [1.82, 2.24) is 0 Å². The Bertz CT molecular complexity index is 274. The molecule has 0 heterocycles. The fourth-order valence-electron chi connectivity index (χ4n) is 0.954. The minimum atomic E-state index is 0.834. The van der Waals surface area contributed by atoms with E-state index in [-0.39, 0.29) is 0 Å². The molecule has 0 aromatic heterocycles. The maximum absolute atomic E-state index is 3.96. The summed E-state index contributed by atoms with van der Waals surface area (Å²) in [5, 5.41) is 0. The summed E-state index contributed by atoms with van der Waals surface area (Å²) >= 11 is 0. The molecule has 0 aliphatic rings. The van der Waals surface area contributed by atoms with Crippen LogP contribution in [0.15, 0.2) is 60.8 Å². The second kappa shape index (κ2) is 7.14. The van der Waals surface area contributed by atoms with Crippen LogP contribution in [0.25, 0.3) is 0 Å². The summed E-state index contributed by atoms with van der Waals surface area (Å²) in [6, 6.07) is 0. The Hall–Kier alpha value is -1.30. The minimum Gasteiger partial charge on any atom is -0.0961 e. The maximum Gasteiger partial charge on any atom is -0.00376 e. The molecule has 0 rings (SSSR count). The van der Waals surface area contributed by atoms with E-state index in [1.807, 2.05) is 19.1 Å². The highest BCUT2D eigenvalue weighted by Crippen LogP contribution is 2.10. The largest absolute Gasteiger partial charge is 0.0961 e. The molecule has 0 nitrogen and oxygen atoms in total. The van der Waals surface area contributed by atoms with E-state index in [4.69, 9.17) is 0 Å². The molecule has 0 saturated heterocycles. The van der Waals surface area contributed by atoms with Crippen LogP contribution in [0, 0.1) is 0 Å². The fourth-order valence-corrected chi connectivity index (χ4v) is 0.954. The van der Waals surface area contributed by atoms with E-state index in [1.165, 1.54) is 0 Å². The molecule has 0 spiro atoms. The summed E-state index contributed by atoms with van der Waals surface area (Å²) in [4.78, 5) is 0. The second-order valence-electron chi connectivity index (χ2n) is 3.48. The van der Waals surface area contributed by atoms with Crippen molar-refractivity contribution in [3.63, 3.8) is 0 Å². The molecular weight excluding hydrogens is 168 g/mol. The van der Waals surface area contributed by atoms with Crippen molar-refractivity contribution in [2.75, 3.05) is 0 Å². The van der Waals surface area contributed by atoms with E-state index >= 15 is 0 Å². The lowest BCUT2D eigenvalue weighted by Gasteiger charge is -1.99. The highest BCUT2D eigenvalue weighted by Gasteiger charge is 1.91. The molecule has 0 aromatic rings. The van der Waals surface area contributed by atoms with Gasteiger partial charge in [0.2, 0.25) is 0 Å². The molecule has 0 fully saturated rings.